The van der Waals surface area contributed by atoms with Gasteiger partial charge in [0.1, 0.15) is 0 Å². The molecule has 0 unspecified atom stereocenters. The van der Waals surface area contributed by atoms with Crippen LogP contribution < -0.4 is 0 Å². The van der Waals surface area contributed by atoms with Crippen LogP contribution >= 0.6 is 12.2 Å². The van der Waals surface area contributed by atoms with Gasteiger partial charge >= 0.3 is 0 Å². The van der Waals surface area contributed by atoms with Gasteiger partial charge in [-0.25, -0.2) is 4.99 Å². The topological polar surface area (TPSA) is 28.1 Å². The van der Waals surface area contributed by atoms with E-state index in [1.54, 1.807) is 0 Å². The maximum absolute atomic E-state index is 4.50. The average molecular weight is 188 g/mol. The van der Waals surface area contributed by atoms with Crippen molar-refractivity contribution in [3.8, 4) is 0 Å². The number of fused-ring (bicyclic) bond motifs is 1. The second-order valence-corrected chi connectivity index (χ2v) is 2.97. The Kier molecular flexibility index (Phi) is 2.21. The summed E-state index contributed by atoms with van der Waals surface area (Å²) in [7, 11) is 0. The predicted molar refractivity (Wildman–Crippen MR) is 57.0 cm³/mol. The number of aromatic amines is 1. The van der Waals surface area contributed by atoms with E-state index in [1.165, 1.54) is 5.39 Å². The first-order valence-electron chi connectivity index (χ1n) is 4.00. The number of hydrogen-bond acceptors (Lipinski definition) is 2. The Bertz CT molecular complexity index is 433. The predicted octanol–water partition coefficient (Wildman–Crippen LogP) is 2.77. The maximum atomic E-state index is 4.50. The van der Waals surface area contributed by atoms with E-state index >= 15 is 0 Å². The molecule has 0 radical (unpaired) electrons. The molecule has 0 amide bonds. The van der Waals surface area contributed by atoms with Gasteiger partial charge in [0.15, 0.2) is 0 Å². The van der Waals surface area contributed by atoms with Crippen LogP contribution in [0.3, 0.4) is 0 Å². The van der Waals surface area contributed by atoms with Gasteiger partial charge in [-0.05, 0) is 29.7 Å². The van der Waals surface area contributed by atoms with E-state index in [0.29, 0.717) is 6.54 Å². The summed E-state index contributed by atoms with van der Waals surface area (Å²) in [6.45, 7) is 0.582. The number of rotatable bonds is 2. The fraction of sp³-hybridized carbons (Fsp3) is 0.100. The Hall–Kier alpha value is -1.44. The monoisotopic (exact) mass is 188 g/mol. The molecule has 0 saturated carbocycles. The zero-order valence-electron chi connectivity index (χ0n) is 6.95. The summed E-state index contributed by atoms with van der Waals surface area (Å²) in [5, 5.41) is 3.55. The van der Waals surface area contributed by atoms with Crippen LogP contribution in [0.4, 0.5) is 0 Å². The van der Waals surface area contributed by atoms with E-state index in [-0.39, 0.29) is 0 Å². The number of para-hydroxylation sites is 1. The molecule has 1 N–H and O–H groups in total. The van der Waals surface area contributed by atoms with E-state index < -0.39 is 0 Å². The smallest absolute Gasteiger partial charge is 0.0893 e. The Morgan fingerprint density at radius 1 is 1.38 bits per heavy atom. The van der Waals surface area contributed by atoms with E-state index in [2.05, 4.69) is 39.5 Å². The summed E-state index contributed by atoms with van der Waals surface area (Å²) in [4.78, 5) is 7.12. The fourth-order valence-corrected chi connectivity index (χ4v) is 1.40. The first-order valence-corrected chi connectivity index (χ1v) is 4.41. The van der Waals surface area contributed by atoms with E-state index in [4.69, 9.17) is 0 Å². The summed E-state index contributed by atoms with van der Waals surface area (Å²) in [6.07, 6.45) is 0. The number of benzene rings is 1. The molecule has 0 aliphatic heterocycles. The third-order valence-corrected chi connectivity index (χ3v) is 2.03. The van der Waals surface area contributed by atoms with Gasteiger partial charge in [0, 0.05) is 11.2 Å². The summed E-state index contributed by atoms with van der Waals surface area (Å²) < 4.78 is 0. The van der Waals surface area contributed by atoms with E-state index in [1.807, 2.05) is 18.2 Å². The van der Waals surface area contributed by atoms with Crippen LogP contribution in [0.2, 0.25) is 0 Å². The van der Waals surface area contributed by atoms with Gasteiger partial charge in [-0.15, -0.1) is 0 Å². The van der Waals surface area contributed by atoms with E-state index in [9.17, 15) is 0 Å². The Balaban J connectivity index is 2.43. The van der Waals surface area contributed by atoms with Gasteiger partial charge in [-0.1, -0.05) is 18.2 Å². The van der Waals surface area contributed by atoms with Crippen molar-refractivity contribution in [1.82, 2.24) is 4.98 Å². The lowest BCUT2D eigenvalue weighted by molar-refractivity contribution is 1.03. The van der Waals surface area contributed by atoms with Crippen LogP contribution in [0.5, 0.6) is 0 Å². The normalized spacial score (nSPS) is 9.85. The van der Waals surface area contributed by atoms with Crippen molar-refractivity contribution in [1.29, 1.82) is 0 Å². The Labute approximate surface area is 81.3 Å². The molecular formula is C10H8N2S. The van der Waals surface area contributed by atoms with Crippen LogP contribution in [0.1, 0.15) is 5.69 Å². The first kappa shape index (κ1) is 8.17. The van der Waals surface area contributed by atoms with E-state index in [0.717, 1.165) is 11.2 Å². The molecule has 0 spiro atoms. The molecule has 0 saturated heterocycles. The van der Waals surface area contributed by atoms with Crippen LogP contribution in [0, 0.1) is 0 Å². The van der Waals surface area contributed by atoms with Gasteiger partial charge in [0.25, 0.3) is 0 Å². The maximum Gasteiger partial charge on any atom is 0.0893 e. The zero-order chi connectivity index (χ0) is 9.10. The van der Waals surface area contributed by atoms with Crippen molar-refractivity contribution >= 4 is 28.3 Å². The Morgan fingerprint density at radius 2 is 2.23 bits per heavy atom. The second-order valence-electron chi connectivity index (χ2n) is 2.79. The molecule has 0 aliphatic carbocycles. The molecule has 0 atom stereocenters. The number of hydrogen-bond donors (Lipinski definition) is 1. The number of nitrogens with zero attached hydrogens (tertiary/aromatic N) is 1. The third-order valence-electron chi connectivity index (χ3n) is 1.90. The molecular weight excluding hydrogens is 180 g/mol. The zero-order valence-corrected chi connectivity index (χ0v) is 7.77. The molecule has 0 aliphatic rings. The molecule has 1 aromatic carbocycles. The van der Waals surface area contributed by atoms with Gasteiger partial charge in [0.2, 0.25) is 0 Å². The lowest BCUT2D eigenvalue weighted by Crippen LogP contribution is -1.77. The largest absolute Gasteiger partial charge is 0.357 e. The molecule has 0 bridgehead atoms. The van der Waals surface area contributed by atoms with Crippen molar-refractivity contribution in [2.75, 3.05) is 0 Å². The third kappa shape index (κ3) is 1.66. The lowest BCUT2D eigenvalue weighted by atomic mass is 10.2. The minimum atomic E-state index is 0.582. The SMILES string of the molecule is S=C=NCc1cc2ccccc2[nH]1. The molecule has 1 aromatic heterocycles. The standard InChI is InChI=1S/C10H8N2S/c13-7-11-6-9-5-8-3-1-2-4-10(8)12-9/h1-5,12H,6H2. The molecule has 1 heterocycles. The Morgan fingerprint density at radius 3 is 3.00 bits per heavy atom. The number of H-pyrrole nitrogens is 1. The van der Waals surface area contributed by atoms with Crippen LogP contribution in [-0.2, 0) is 6.54 Å². The average Bonchev–Trinajstić information content (AvgIpc) is 2.57. The minimum absolute atomic E-state index is 0.582. The summed E-state index contributed by atoms with van der Waals surface area (Å²) in [6, 6.07) is 10.2. The van der Waals surface area contributed by atoms with Gasteiger partial charge < -0.3 is 4.98 Å². The number of thiocarbonyl (C=S) groups is 1. The fourth-order valence-electron chi connectivity index (χ4n) is 1.34. The molecule has 2 nitrogen and oxygen atoms in total. The van der Waals surface area contributed by atoms with Gasteiger partial charge in [-0.3, -0.25) is 0 Å². The van der Waals surface area contributed by atoms with Crippen molar-refractivity contribution in [3.05, 3.63) is 36.0 Å². The molecule has 64 valence electrons. The highest BCUT2D eigenvalue weighted by molar-refractivity contribution is 7.78. The van der Waals surface area contributed by atoms with Crippen LogP contribution in [-0.4, -0.2) is 10.1 Å². The highest BCUT2D eigenvalue weighted by Gasteiger charge is 1.97. The molecule has 13 heavy (non-hydrogen) atoms. The molecule has 0 fully saturated rings. The molecule has 3 heteroatoms. The number of isothiocyanates is 1. The van der Waals surface area contributed by atoms with Crippen molar-refractivity contribution in [3.63, 3.8) is 0 Å². The summed E-state index contributed by atoms with van der Waals surface area (Å²) in [5.41, 5.74) is 2.20. The van der Waals surface area contributed by atoms with Crippen LogP contribution in [0.25, 0.3) is 10.9 Å². The summed E-state index contributed by atoms with van der Waals surface area (Å²) in [5.74, 6) is 0. The van der Waals surface area contributed by atoms with Crippen molar-refractivity contribution in [2.24, 2.45) is 4.99 Å². The van der Waals surface area contributed by atoms with Crippen molar-refractivity contribution in [2.45, 2.75) is 6.54 Å². The first-order chi connectivity index (χ1) is 6.40. The van der Waals surface area contributed by atoms with Crippen LogP contribution in [0.15, 0.2) is 35.3 Å². The van der Waals surface area contributed by atoms with Gasteiger partial charge in [-0.2, -0.15) is 0 Å². The lowest BCUT2D eigenvalue weighted by Gasteiger charge is -1.85. The van der Waals surface area contributed by atoms with Crippen molar-refractivity contribution < 1.29 is 0 Å². The quantitative estimate of drug-likeness (QED) is 0.569. The highest BCUT2D eigenvalue weighted by Crippen LogP contribution is 2.14. The number of nitrogens with one attached hydrogen (secondary N) is 1. The van der Waals surface area contributed by atoms with Gasteiger partial charge in [0.05, 0.1) is 11.7 Å². The summed E-state index contributed by atoms with van der Waals surface area (Å²) >= 11 is 4.50. The highest BCUT2D eigenvalue weighted by atomic mass is 32.1. The second kappa shape index (κ2) is 3.52. The number of aromatic nitrogens is 1. The number of aliphatic imine (C=N–C) groups is 1. The minimum Gasteiger partial charge on any atom is -0.357 e. The molecule has 2 aromatic rings. The molecule has 2 rings (SSSR count).